The van der Waals surface area contributed by atoms with E-state index in [1.165, 1.54) is 25.3 Å². The molecule has 0 aromatic heterocycles. The van der Waals surface area contributed by atoms with E-state index in [4.69, 9.17) is 4.74 Å². The van der Waals surface area contributed by atoms with Crippen molar-refractivity contribution in [2.75, 3.05) is 7.11 Å². The highest BCUT2D eigenvalue weighted by Crippen LogP contribution is 2.16. The maximum Gasteiger partial charge on any atom is 0.337 e. The number of ether oxygens (including phenoxy) is 2. The van der Waals surface area contributed by atoms with Crippen molar-refractivity contribution < 1.29 is 24.2 Å². The number of carbonyl (C=O) groups is 2. The molecule has 0 aliphatic carbocycles. The molecule has 0 fully saturated rings. The Balaban J connectivity index is 1.55. The molecule has 0 saturated heterocycles. The zero-order valence-electron chi connectivity index (χ0n) is 15.9. The Morgan fingerprint density at radius 2 is 1.48 bits per heavy atom. The molecule has 0 saturated carbocycles. The van der Waals surface area contributed by atoms with Crippen LogP contribution in [0.2, 0.25) is 0 Å². The minimum absolute atomic E-state index is 0.125. The van der Waals surface area contributed by atoms with Gasteiger partial charge in [0, 0.05) is 5.56 Å². The average molecular weight is 388 g/mol. The third-order valence-corrected chi connectivity index (χ3v) is 4.24. The monoisotopic (exact) mass is 388 g/mol. The van der Waals surface area contributed by atoms with Crippen molar-refractivity contribution in [3.05, 3.63) is 101 Å². The summed E-state index contributed by atoms with van der Waals surface area (Å²) in [5, 5.41) is 9.27. The van der Waals surface area contributed by atoms with E-state index in [2.05, 4.69) is 4.74 Å². The Labute approximate surface area is 168 Å². The van der Waals surface area contributed by atoms with Gasteiger partial charge < -0.3 is 14.6 Å². The summed E-state index contributed by atoms with van der Waals surface area (Å²) in [5.74, 6) is 0.315. The van der Waals surface area contributed by atoms with Crippen molar-refractivity contribution >= 4 is 17.8 Å². The fourth-order valence-electron chi connectivity index (χ4n) is 2.59. The number of allylic oxidation sites excluding steroid dienone is 1. The predicted molar refractivity (Wildman–Crippen MR) is 110 cm³/mol. The molecule has 0 unspecified atom stereocenters. The summed E-state index contributed by atoms with van der Waals surface area (Å²) in [7, 11) is 1.35. The summed E-state index contributed by atoms with van der Waals surface area (Å²) in [4.78, 5) is 23.6. The van der Waals surface area contributed by atoms with Crippen molar-refractivity contribution in [3.63, 3.8) is 0 Å². The number of carbonyl (C=O) groups excluding carboxylic acids is 2. The largest absolute Gasteiger partial charge is 0.508 e. The van der Waals surface area contributed by atoms with Crippen molar-refractivity contribution in [2.45, 2.75) is 6.61 Å². The first kappa shape index (κ1) is 19.9. The number of methoxy groups -OCH3 is 1. The van der Waals surface area contributed by atoms with Crippen LogP contribution < -0.4 is 4.74 Å². The molecule has 5 nitrogen and oxygen atoms in total. The predicted octanol–water partition coefficient (Wildman–Crippen LogP) is 4.65. The Bertz CT molecular complexity index is 1000. The van der Waals surface area contributed by atoms with Gasteiger partial charge in [-0.25, -0.2) is 4.79 Å². The van der Waals surface area contributed by atoms with Crippen LogP contribution in [0.3, 0.4) is 0 Å². The highest BCUT2D eigenvalue weighted by molar-refractivity contribution is 6.06. The number of phenols is 1. The Hall–Kier alpha value is -3.86. The zero-order chi connectivity index (χ0) is 20.6. The number of esters is 1. The lowest BCUT2D eigenvalue weighted by Crippen LogP contribution is -2.01. The van der Waals surface area contributed by atoms with Crippen molar-refractivity contribution in [1.29, 1.82) is 0 Å². The third kappa shape index (κ3) is 5.56. The van der Waals surface area contributed by atoms with Crippen LogP contribution in [0.5, 0.6) is 11.5 Å². The number of benzene rings is 3. The van der Waals surface area contributed by atoms with E-state index in [1.54, 1.807) is 30.3 Å². The molecule has 3 rings (SSSR count). The van der Waals surface area contributed by atoms with Gasteiger partial charge in [-0.2, -0.15) is 0 Å². The molecule has 146 valence electrons. The van der Waals surface area contributed by atoms with E-state index in [0.29, 0.717) is 23.5 Å². The second-order valence-electron chi connectivity index (χ2n) is 6.29. The van der Waals surface area contributed by atoms with Gasteiger partial charge in [0.1, 0.15) is 18.1 Å². The number of aromatic hydroxyl groups is 1. The molecule has 0 aliphatic heterocycles. The molecule has 0 radical (unpaired) electrons. The van der Waals surface area contributed by atoms with Crippen LogP contribution in [0.25, 0.3) is 6.08 Å². The Kier molecular flexibility index (Phi) is 6.43. The molecule has 0 spiro atoms. The van der Waals surface area contributed by atoms with E-state index in [1.807, 2.05) is 36.4 Å². The van der Waals surface area contributed by atoms with Gasteiger partial charge in [-0.05, 0) is 65.7 Å². The average Bonchev–Trinajstić information content (AvgIpc) is 2.77. The molecule has 0 atom stereocenters. The van der Waals surface area contributed by atoms with E-state index in [0.717, 1.165) is 11.1 Å². The smallest absolute Gasteiger partial charge is 0.337 e. The summed E-state index contributed by atoms with van der Waals surface area (Å²) in [6.45, 7) is 0.371. The Morgan fingerprint density at radius 3 is 2.10 bits per heavy atom. The van der Waals surface area contributed by atoms with Crippen molar-refractivity contribution in [1.82, 2.24) is 0 Å². The van der Waals surface area contributed by atoms with Gasteiger partial charge in [0.2, 0.25) is 0 Å². The van der Waals surface area contributed by atoms with Gasteiger partial charge in [0.05, 0.1) is 12.7 Å². The summed E-state index contributed by atoms with van der Waals surface area (Å²) < 4.78 is 10.4. The van der Waals surface area contributed by atoms with Gasteiger partial charge in [-0.15, -0.1) is 0 Å². The van der Waals surface area contributed by atoms with Crippen LogP contribution in [-0.2, 0) is 11.3 Å². The van der Waals surface area contributed by atoms with E-state index >= 15 is 0 Å². The molecular weight excluding hydrogens is 368 g/mol. The minimum Gasteiger partial charge on any atom is -0.508 e. The maximum atomic E-state index is 12.1. The summed E-state index contributed by atoms with van der Waals surface area (Å²) in [6.07, 6.45) is 3.22. The summed E-state index contributed by atoms with van der Waals surface area (Å²) in [5.41, 5.74) is 2.81. The number of hydrogen-bond donors (Lipinski definition) is 1. The highest BCUT2D eigenvalue weighted by Gasteiger charge is 2.05. The van der Waals surface area contributed by atoms with E-state index in [9.17, 15) is 14.7 Å². The quantitative estimate of drug-likeness (QED) is 0.362. The van der Waals surface area contributed by atoms with Gasteiger partial charge in [-0.3, -0.25) is 4.79 Å². The zero-order valence-corrected chi connectivity index (χ0v) is 15.9. The first-order valence-electron chi connectivity index (χ1n) is 8.97. The number of ketones is 1. The van der Waals surface area contributed by atoms with Crippen LogP contribution in [0.1, 0.15) is 31.8 Å². The number of rotatable bonds is 7. The lowest BCUT2D eigenvalue weighted by Gasteiger charge is -2.07. The summed E-state index contributed by atoms with van der Waals surface area (Å²) in [6, 6.07) is 20.5. The molecule has 0 amide bonds. The van der Waals surface area contributed by atoms with Gasteiger partial charge in [-0.1, -0.05) is 30.3 Å². The first-order chi connectivity index (χ1) is 14.0. The molecule has 0 aliphatic rings. The van der Waals surface area contributed by atoms with Crippen LogP contribution in [-0.4, -0.2) is 24.0 Å². The maximum absolute atomic E-state index is 12.1. The van der Waals surface area contributed by atoms with Gasteiger partial charge in [0.25, 0.3) is 0 Å². The molecule has 3 aromatic rings. The first-order valence-corrected chi connectivity index (χ1v) is 8.97. The van der Waals surface area contributed by atoms with Crippen LogP contribution in [0, 0.1) is 0 Å². The second kappa shape index (κ2) is 9.37. The molecule has 0 heterocycles. The number of hydrogen-bond acceptors (Lipinski definition) is 5. The fourth-order valence-corrected chi connectivity index (χ4v) is 2.59. The number of phenolic OH excluding ortho intramolecular Hbond substituents is 1. The second-order valence-corrected chi connectivity index (χ2v) is 6.29. The molecule has 3 aromatic carbocycles. The lowest BCUT2D eigenvalue weighted by atomic mass is 10.1. The minimum atomic E-state index is -0.370. The van der Waals surface area contributed by atoms with Crippen LogP contribution in [0.15, 0.2) is 78.9 Å². The topological polar surface area (TPSA) is 72.8 Å². The lowest BCUT2D eigenvalue weighted by molar-refractivity contribution is 0.0600. The normalized spacial score (nSPS) is 10.7. The van der Waals surface area contributed by atoms with E-state index in [-0.39, 0.29) is 17.5 Å². The fraction of sp³-hybridized carbons (Fsp3) is 0.0833. The van der Waals surface area contributed by atoms with E-state index < -0.39 is 0 Å². The van der Waals surface area contributed by atoms with Crippen molar-refractivity contribution in [2.24, 2.45) is 0 Å². The molecule has 29 heavy (non-hydrogen) atoms. The standard InChI is InChI=1S/C24H20O5/c1-28-24(27)20-7-2-18(3-8-20)16-29-22-13-4-17(5-14-22)6-15-23(26)19-9-11-21(25)12-10-19/h2-15,25H,16H2,1H3/b15-6+. The summed E-state index contributed by atoms with van der Waals surface area (Å²) >= 11 is 0. The van der Waals surface area contributed by atoms with Crippen molar-refractivity contribution in [3.8, 4) is 11.5 Å². The SMILES string of the molecule is COC(=O)c1ccc(COc2ccc(/C=C/C(=O)c3ccc(O)cc3)cc2)cc1. The molecule has 5 heteroatoms. The molecular formula is C24H20O5. The van der Waals surface area contributed by atoms with Crippen LogP contribution >= 0.6 is 0 Å². The molecule has 1 N–H and O–H groups in total. The Morgan fingerprint density at radius 1 is 0.862 bits per heavy atom. The van der Waals surface area contributed by atoms with Gasteiger partial charge >= 0.3 is 5.97 Å². The third-order valence-electron chi connectivity index (χ3n) is 4.24. The van der Waals surface area contributed by atoms with Gasteiger partial charge in [0.15, 0.2) is 5.78 Å². The molecule has 0 bridgehead atoms. The highest BCUT2D eigenvalue weighted by atomic mass is 16.5. The van der Waals surface area contributed by atoms with Crippen LogP contribution in [0.4, 0.5) is 0 Å².